The summed E-state index contributed by atoms with van der Waals surface area (Å²) in [7, 11) is 0. The molecular formula is C14H17ClN4O2. The number of aryl methyl sites for hydroxylation is 1. The molecule has 2 aromatic rings. The highest BCUT2D eigenvalue weighted by molar-refractivity contribution is 6.30. The first-order valence-electron chi connectivity index (χ1n) is 7.17. The number of aromatic amines is 1. The van der Waals surface area contributed by atoms with Gasteiger partial charge in [-0.05, 0) is 24.8 Å². The molecule has 0 atom stereocenters. The molecule has 112 valence electrons. The first-order valence-corrected chi connectivity index (χ1v) is 7.54. The molecule has 6 nitrogen and oxygen atoms in total. The van der Waals surface area contributed by atoms with E-state index in [1.807, 2.05) is 0 Å². The maximum atomic E-state index is 12.6. The lowest BCUT2D eigenvalue weighted by Gasteiger charge is -2.13. The number of hydrogen-bond donors (Lipinski definition) is 1. The Bertz CT molecular complexity index is 726. The van der Waals surface area contributed by atoms with Crippen molar-refractivity contribution in [1.82, 2.24) is 19.3 Å². The summed E-state index contributed by atoms with van der Waals surface area (Å²) in [5.74, 6) is 0.165. The van der Waals surface area contributed by atoms with Gasteiger partial charge >= 0.3 is 5.69 Å². The van der Waals surface area contributed by atoms with Crippen LogP contribution in [0, 0.1) is 0 Å². The summed E-state index contributed by atoms with van der Waals surface area (Å²) < 4.78 is 2.91. The van der Waals surface area contributed by atoms with E-state index in [4.69, 9.17) is 11.6 Å². The van der Waals surface area contributed by atoms with Gasteiger partial charge in [-0.25, -0.2) is 4.79 Å². The SMILES string of the molecule is O=c1[nH]c(Cl)c(C2CCCC2)c(=O)n1CCn1cccn1. The molecule has 0 amide bonds. The van der Waals surface area contributed by atoms with E-state index in [0.717, 1.165) is 25.7 Å². The van der Waals surface area contributed by atoms with Crippen LogP contribution in [-0.4, -0.2) is 19.3 Å². The average Bonchev–Trinajstić information content (AvgIpc) is 3.10. The van der Waals surface area contributed by atoms with Gasteiger partial charge in [0.25, 0.3) is 5.56 Å². The fourth-order valence-electron chi connectivity index (χ4n) is 2.97. The van der Waals surface area contributed by atoms with Crippen LogP contribution in [0.15, 0.2) is 28.0 Å². The van der Waals surface area contributed by atoms with Crippen molar-refractivity contribution in [1.29, 1.82) is 0 Å². The molecule has 2 aromatic heterocycles. The molecule has 0 aromatic carbocycles. The number of nitrogens with one attached hydrogen (secondary N) is 1. The van der Waals surface area contributed by atoms with E-state index in [1.54, 1.807) is 23.1 Å². The molecule has 0 radical (unpaired) electrons. The van der Waals surface area contributed by atoms with Gasteiger partial charge < -0.3 is 0 Å². The first kappa shape index (κ1) is 14.1. The van der Waals surface area contributed by atoms with Crippen molar-refractivity contribution in [3.63, 3.8) is 0 Å². The zero-order valence-corrected chi connectivity index (χ0v) is 12.3. The van der Waals surface area contributed by atoms with Crippen LogP contribution in [0.1, 0.15) is 37.2 Å². The van der Waals surface area contributed by atoms with Crippen molar-refractivity contribution in [2.45, 2.75) is 44.7 Å². The van der Waals surface area contributed by atoms with E-state index in [2.05, 4.69) is 10.1 Å². The van der Waals surface area contributed by atoms with E-state index in [-0.39, 0.29) is 23.2 Å². The van der Waals surface area contributed by atoms with E-state index >= 15 is 0 Å². The highest BCUT2D eigenvalue weighted by Gasteiger charge is 2.24. The number of hydrogen-bond acceptors (Lipinski definition) is 3. The Morgan fingerprint density at radius 2 is 2.05 bits per heavy atom. The van der Waals surface area contributed by atoms with Crippen molar-refractivity contribution < 1.29 is 0 Å². The van der Waals surface area contributed by atoms with Gasteiger partial charge in [0.2, 0.25) is 0 Å². The van der Waals surface area contributed by atoms with Gasteiger partial charge in [0, 0.05) is 12.4 Å². The Balaban J connectivity index is 1.94. The molecule has 0 bridgehead atoms. The van der Waals surface area contributed by atoms with Crippen LogP contribution in [-0.2, 0) is 13.1 Å². The topological polar surface area (TPSA) is 72.7 Å². The first-order chi connectivity index (χ1) is 10.2. The predicted octanol–water partition coefficient (Wildman–Crippen LogP) is 1.74. The third-order valence-corrected chi connectivity index (χ3v) is 4.35. The van der Waals surface area contributed by atoms with E-state index in [9.17, 15) is 9.59 Å². The van der Waals surface area contributed by atoms with Crippen molar-refractivity contribution in [2.75, 3.05) is 0 Å². The van der Waals surface area contributed by atoms with Crippen LogP contribution in [0.4, 0.5) is 0 Å². The summed E-state index contributed by atoms with van der Waals surface area (Å²) in [6.45, 7) is 0.758. The van der Waals surface area contributed by atoms with E-state index in [0.29, 0.717) is 12.1 Å². The van der Waals surface area contributed by atoms with Crippen molar-refractivity contribution in [2.24, 2.45) is 0 Å². The maximum Gasteiger partial charge on any atom is 0.329 e. The summed E-state index contributed by atoms with van der Waals surface area (Å²) in [4.78, 5) is 27.2. The minimum Gasteiger partial charge on any atom is -0.297 e. The van der Waals surface area contributed by atoms with Gasteiger partial charge in [-0.3, -0.25) is 19.0 Å². The van der Waals surface area contributed by atoms with E-state index in [1.165, 1.54) is 4.57 Å². The second kappa shape index (κ2) is 5.89. The molecule has 1 fully saturated rings. The molecular weight excluding hydrogens is 292 g/mol. The van der Waals surface area contributed by atoms with Gasteiger partial charge in [-0.2, -0.15) is 5.10 Å². The molecule has 0 saturated heterocycles. The van der Waals surface area contributed by atoms with E-state index < -0.39 is 5.69 Å². The van der Waals surface area contributed by atoms with Crippen molar-refractivity contribution in [3.05, 3.63) is 50.0 Å². The zero-order chi connectivity index (χ0) is 14.8. The Labute approximate surface area is 126 Å². The summed E-state index contributed by atoms with van der Waals surface area (Å²) in [5, 5.41) is 4.27. The lowest BCUT2D eigenvalue weighted by atomic mass is 10.0. The van der Waals surface area contributed by atoms with Gasteiger partial charge in [0.15, 0.2) is 0 Å². The second-order valence-corrected chi connectivity index (χ2v) is 5.74. The number of H-pyrrole nitrogens is 1. The molecule has 0 aliphatic heterocycles. The fourth-order valence-corrected chi connectivity index (χ4v) is 3.28. The Morgan fingerprint density at radius 3 is 2.71 bits per heavy atom. The van der Waals surface area contributed by atoms with Crippen LogP contribution in [0.3, 0.4) is 0 Å². The summed E-state index contributed by atoms with van der Waals surface area (Å²) >= 11 is 6.10. The molecule has 1 saturated carbocycles. The molecule has 0 unspecified atom stereocenters. The third-order valence-electron chi connectivity index (χ3n) is 4.05. The molecule has 7 heteroatoms. The smallest absolute Gasteiger partial charge is 0.297 e. The monoisotopic (exact) mass is 308 g/mol. The standard InChI is InChI=1S/C14H17ClN4O2/c15-12-11(10-4-1-2-5-10)13(20)19(14(21)17-12)9-8-18-7-3-6-16-18/h3,6-7,10H,1-2,4-5,8-9H2,(H,17,21). The molecule has 2 heterocycles. The fraction of sp³-hybridized carbons (Fsp3) is 0.500. The Hall–Kier alpha value is -1.82. The van der Waals surface area contributed by atoms with Crippen LogP contribution in [0.2, 0.25) is 5.15 Å². The Morgan fingerprint density at radius 1 is 1.29 bits per heavy atom. The number of nitrogens with zero attached hydrogens (tertiary/aromatic N) is 3. The lowest BCUT2D eigenvalue weighted by molar-refractivity contribution is 0.501. The largest absolute Gasteiger partial charge is 0.329 e. The number of halogens is 1. The highest BCUT2D eigenvalue weighted by atomic mass is 35.5. The maximum absolute atomic E-state index is 12.6. The predicted molar refractivity (Wildman–Crippen MR) is 79.8 cm³/mol. The van der Waals surface area contributed by atoms with Crippen molar-refractivity contribution in [3.8, 4) is 0 Å². The van der Waals surface area contributed by atoms with Crippen LogP contribution in [0.5, 0.6) is 0 Å². The van der Waals surface area contributed by atoms with Crippen LogP contribution >= 0.6 is 11.6 Å². The third kappa shape index (κ3) is 2.81. The molecule has 1 aliphatic carbocycles. The number of aromatic nitrogens is 4. The van der Waals surface area contributed by atoms with Crippen molar-refractivity contribution >= 4 is 11.6 Å². The minimum atomic E-state index is -0.459. The molecule has 0 spiro atoms. The highest BCUT2D eigenvalue weighted by Crippen LogP contribution is 2.34. The molecule has 21 heavy (non-hydrogen) atoms. The quantitative estimate of drug-likeness (QED) is 0.875. The zero-order valence-electron chi connectivity index (χ0n) is 11.6. The lowest BCUT2D eigenvalue weighted by Crippen LogP contribution is -2.39. The summed E-state index contributed by atoms with van der Waals surface area (Å²) in [5.41, 5.74) is -0.157. The summed E-state index contributed by atoms with van der Waals surface area (Å²) in [6.07, 6.45) is 7.59. The second-order valence-electron chi connectivity index (χ2n) is 5.37. The average molecular weight is 309 g/mol. The number of rotatable bonds is 4. The Kier molecular flexibility index (Phi) is 3.96. The van der Waals surface area contributed by atoms with Gasteiger partial charge in [0.1, 0.15) is 5.15 Å². The minimum absolute atomic E-state index is 0.165. The normalized spacial score (nSPS) is 15.7. The van der Waals surface area contributed by atoms with Gasteiger partial charge in [-0.15, -0.1) is 0 Å². The summed E-state index contributed by atoms with van der Waals surface area (Å²) in [6, 6.07) is 1.80. The van der Waals surface area contributed by atoms with Gasteiger partial charge in [-0.1, -0.05) is 24.4 Å². The van der Waals surface area contributed by atoms with Crippen LogP contribution < -0.4 is 11.2 Å². The molecule has 1 aliphatic rings. The molecule has 1 N–H and O–H groups in total. The van der Waals surface area contributed by atoms with Gasteiger partial charge in [0.05, 0.1) is 18.7 Å². The molecule has 3 rings (SSSR count). The van der Waals surface area contributed by atoms with Crippen LogP contribution in [0.25, 0.3) is 0 Å².